The van der Waals surface area contributed by atoms with Crippen LogP contribution in [0.4, 0.5) is 0 Å². The molecule has 0 saturated heterocycles. The molecule has 3 aromatic carbocycles. The van der Waals surface area contributed by atoms with E-state index in [1.54, 1.807) is 32.2 Å². The number of carbonyl (C=O) groups excluding carboxylic acids is 3. The predicted octanol–water partition coefficient (Wildman–Crippen LogP) is 5.95. The molecule has 5 rings (SSSR count). The highest BCUT2D eigenvalue weighted by molar-refractivity contribution is 6.09. The molecule has 1 aliphatic carbocycles. The first kappa shape index (κ1) is 28.8. The van der Waals surface area contributed by atoms with Crippen LogP contribution < -0.4 is 14.2 Å². The number of carbonyl (C=O) groups is 3. The summed E-state index contributed by atoms with van der Waals surface area (Å²) in [5.41, 5.74) is 4.30. The molecule has 2 aliphatic rings. The Morgan fingerprint density at radius 1 is 0.881 bits per heavy atom. The van der Waals surface area contributed by atoms with E-state index in [2.05, 4.69) is 0 Å². The summed E-state index contributed by atoms with van der Waals surface area (Å²) >= 11 is 0. The lowest BCUT2D eigenvalue weighted by Gasteiger charge is -2.36. The second-order valence-electron chi connectivity index (χ2n) is 10.5. The standard InChI is InChI=1S/C34H33NO7/c1-20-31(34(38)41-19-22-8-6-5-7-9-22)32(24-12-15-29(42-21(2)36)30(18-24)40-4)33-27(35-20)16-25(17-28(33)37)23-10-13-26(39-3)14-11-23/h5-15,18,25,31-32H,16-17,19H2,1-4H3/t25-,31?,32-/m1/s1. The molecule has 1 heterocycles. The third kappa shape index (κ3) is 5.98. The molecule has 0 spiro atoms. The maximum atomic E-state index is 13.9. The zero-order valence-electron chi connectivity index (χ0n) is 24.1. The van der Waals surface area contributed by atoms with Gasteiger partial charge in [0.25, 0.3) is 0 Å². The molecule has 42 heavy (non-hydrogen) atoms. The number of allylic oxidation sites excluding steroid dienone is 2. The summed E-state index contributed by atoms with van der Waals surface area (Å²) in [4.78, 5) is 44.1. The fraction of sp³-hybridized carbons (Fsp3) is 0.294. The SMILES string of the molecule is COc1ccc([C@H]2CC(=O)C3=C(C2)N=C(C)C(C(=O)OCc2ccccc2)[C@H]3c2ccc(OC(C)=O)c(OC)c2)cc1. The Morgan fingerprint density at radius 2 is 1.60 bits per heavy atom. The van der Waals surface area contributed by atoms with Gasteiger partial charge >= 0.3 is 11.9 Å². The lowest BCUT2D eigenvalue weighted by molar-refractivity contribution is -0.148. The van der Waals surface area contributed by atoms with Crippen LogP contribution in [0.5, 0.6) is 17.2 Å². The molecule has 0 amide bonds. The maximum Gasteiger partial charge on any atom is 0.315 e. The number of methoxy groups -OCH3 is 2. The Kier molecular flexibility index (Phi) is 8.52. The highest BCUT2D eigenvalue weighted by Gasteiger charge is 2.45. The molecular weight excluding hydrogens is 534 g/mol. The van der Waals surface area contributed by atoms with Crippen molar-refractivity contribution in [2.24, 2.45) is 10.9 Å². The van der Waals surface area contributed by atoms with Crippen molar-refractivity contribution in [1.82, 2.24) is 0 Å². The summed E-state index contributed by atoms with van der Waals surface area (Å²) in [5.74, 6) is -1.23. The van der Waals surface area contributed by atoms with Crippen LogP contribution in [0.2, 0.25) is 0 Å². The Labute approximate surface area is 245 Å². The van der Waals surface area contributed by atoms with Gasteiger partial charge in [0.05, 0.1) is 14.2 Å². The zero-order chi connectivity index (χ0) is 29.8. The van der Waals surface area contributed by atoms with E-state index in [1.165, 1.54) is 14.0 Å². The van der Waals surface area contributed by atoms with Crippen LogP contribution in [0.3, 0.4) is 0 Å². The van der Waals surface area contributed by atoms with Crippen molar-refractivity contribution in [2.75, 3.05) is 14.2 Å². The number of hydrogen-bond acceptors (Lipinski definition) is 8. The number of aliphatic imine (C=N–C) groups is 1. The van der Waals surface area contributed by atoms with Gasteiger partial charge in [0.1, 0.15) is 18.3 Å². The van der Waals surface area contributed by atoms with Crippen LogP contribution in [-0.2, 0) is 25.7 Å². The normalized spacial score (nSPS) is 19.9. The molecular formula is C34H33NO7. The molecule has 1 aliphatic heterocycles. The predicted molar refractivity (Wildman–Crippen MR) is 157 cm³/mol. The van der Waals surface area contributed by atoms with Gasteiger partial charge in [0.15, 0.2) is 17.3 Å². The van der Waals surface area contributed by atoms with E-state index in [4.69, 9.17) is 23.9 Å². The molecule has 8 nitrogen and oxygen atoms in total. The average Bonchev–Trinajstić information content (AvgIpc) is 2.99. The van der Waals surface area contributed by atoms with Crippen molar-refractivity contribution < 1.29 is 33.3 Å². The van der Waals surface area contributed by atoms with E-state index < -0.39 is 23.8 Å². The number of nitrogens with zero attached hydrogens (tertiary/aromatic N) is 1. The second-order valence-corrected chi connectivity index (χ2v) is 10.5. The van der Waals surface area contributed by atoms with Crippen LogP contribution >= 0.6 is 0 Å². The van der Waals surface area contributed by atoms with Gasteiger partial charge in [-0.3, -0.25) is 19.4 Å². The largest absolute Gasteiger partial charge is 0.497 e. The highest BCUT2D eigenvalue weighted by Crippen LogP contribution is 2.48. The smallest absolute Gasteiger partial charge is 0.315 e. The number of rotatable bonds is 8. The van der Waals surface area contributed by atoms with Crippen LogP contribution in [-0.4, -0.2) is 37.7 Å². The molecule has 8 heteroatoms. The average molecular weight is 568 g/mol. The minimum Gasteiger partial charge on any atom is -0.497 e. The van der Waals surface area contributed by atoms with Crippen molar-refractivity contribution >= 4 is 23.4 Å². The van der Waals surface area contributed by atoms with Gasteiger partial charge in [0.2, 0.25) is 0 Å². The van der Waals surface area contributed by atoms with E-state index in [-0.39, 0.29) is 30.5 Å². The van der Waals surface area contributed by atoms with Crippen molar-refractivity contribution in [1.29, 1.82) is 0 Å². The van der Waals surface area contributed by atoms with Gasteiger partial charge in [0, 0.05) is 36.2 Å². The van der Waals surface area contributed by atoms with E-state index in [0.29, 0.717) is 34.7 Å². The van der Waals surface area contributed by atoms with Crippen LogP contribution in [0, 0.1) is 5.92 Å². The molecule has 3 aromatic rings. The third-order valence-corrected chi connectivity index (χ3v) is 7.75. The summed E-state index contributed by atoms with van der Waals surface area (Å²) in [6.07, 6.45) is 0.834. The summed E-state index contributed by atoms with van der Waals surface area (Å²) in [6, 6.07) is 22.2. The Bertz CT molecular complexity index is 1560. The van der Waals surface area contributed by atoms with E-state index in [1.807, 2.05) is 54.6 Å². The first-order valence-electron chi connectivity index (χ1n) is 13.8. The molecule has 0 aromatic heterocycles. The Morgan fingerprint density at radius 3 is 2.26 bits per heavy atom. The Balaban J connectivity index is 1.54. The van der Waals surface area contributed by atoms with Crippen LogP contribution in [0.1, 0.15) is 55.2 Å². The summed E-state index contributed by atoms with van der Waals surface area (Å²) in [6.45, 7) is 3.21. The van der Waals surface area contributed by atoms with Gasteiger partial charge in [-0.2, -0.15) is 0 Å². The molecule has 0 N–H and O–H groups in total. The van der Waals surface area contributed by atoms with Crippen molar-refractivity contribution in [3.05, 3.63) is 101 Å². The minimum absolute atomic E-state index is 0.0539. The minimum atomic E-state index is -0.821. The molecule has 0 fully saturated rings. The summed E-state index contributed by atoms with van der Waals surface area (Å²) < 4.78 is 21.9. The number of ether oxygens (including phenoxy) is 4. The lowest BCUT2D eigenvalue weighted by atomic mass is 9.69. The maximum absolute atomic E-state index is 13.9. The fourth-order valence-electron chi connectivity index (χ4n) is 5.77. The number of benzene rings is 3. The van der Waals surface area contributed by atoms with E-state index >= 15 is 0 Å². The van der Waals surface area contributed by atoms with Crippen LogP contribution in [0.25, 0.3) is 0 Å². The number of Topliss-reactive ketones (excluding diaryl/α,β-unsaturated/α-hetero) is 1. The first-order chi connectivity index (χ1) is 20.3. The number of hydrogen-bond donors (Lipinski definition) is 0. The number of ketones is 1. The van der Waals surface area contributed by atoms with Gasteiger partial charge in [-0.1, -0.05) is 48.5 Å². The fourth-order valence-corrected chi connectivity index (χ4v) is 5.77. The first-order valence-corrected chi connectivity index (χ1v) is 13.8. The van der Waals surface area contributed by atoms with Crippen molar-refractivity contribution in [3.8, 4) is 17.2 Å². The van der Waals surface area contributed by atoms with Gasteiger partial charge in [-0.05, 0) is 60.2 Å². The molecule has 0 bridgehead atoms. The molecule has 0 saturated carbocycles. The lowest BCUT2D eigenvalue weighted by Crippen LogP contribution is -2.38. The topological polar surface area (TPSA) is 100 Å². The van der Waals surface area contributed by atoms with Crippen molar-refractivity contribution in [2.45, 2.75) is 45.1 Å². The monoisotopic (exact) mass is 567 g/mol. The van der Waals surface area contributed by atoms with Gasteiger partial charge < -0.3 is 18.9 Å². The van der Waals surface area contributed by atoms with Gasteiger partial charge in [-0.15, -0.1) is 0 Å². The van der Waals surface area contributed by atoms with Gasteiger partial charge in [-0.25, -0.2) is 0 Å². The molecule has 216 valence electrons. The van der Waals surface area contributed by atoms with E-state index in [0.717, 1.165) is 16.9 Å². The Hall–Kier alpha value is -4.72. The third-order valence-electron chi connectivity index (χ3n) is 7.75. The number of esters is 2. The summed E-state index contributed by atoms with van der Waals surface area (Å²) in [5, 5.41) is 0. The molecule has 0 radical (unpaired) electrons. The van der Waals surface area contributed by atoms with Crippen LogP contribution in [0.15, 0.2) is 89.1 Å². The van der Waals surface area contributed by atoms with E-state index in [9.17, 15) is 14.4 Å². The molecule has 3 atom stereocenters. The molecule has 1 unspecified atom stereocenters. The zero-order valence-corrected chi connectivity index (χ0v) is 24.1. The second kappa shape index (κ2) is 12.4. The summed E-state index contributed by atoms with van der Waals surface area (Å²) in [7, 11) is 3.09. The van der Waals surface area contributed by atoms with Crippen molar-refractivity contribution in [3.63, 3.8) is 0 Å². The quantitative estimate of drug-likeness (QED) is 0.245. The highest BCUT2D eigenvalue weighted by atomic mass is 16.6.